The third-order valence-corrected chi connectivity index (χ3v) is 5.60. The zero-order valence-corrected chi connectivity index (χ0v) is 19.8. The molecule has 182 valence electrons. The van der Waals surface area contributed by atoms with E-state index >= 15 is 0 Å². The van der Waals surface area contributed by atoms with Gasteiger partial charge in [0, 0.05) is 11.6 Å². The largest absolute Gasteiger partial charge is 0.493 e. The maximum Gasteiger partial charge on any atom is 0.343 e. The number of benzene rings is 3. The molecule has 36 heavy (non-hydrogen) atoms. The molecular formula is C28H24N2O6. The van der Waals surface area contributed by atoms with Crippen molar-refractivity contribution in [1.82, 2.24) is 0 Å². The molecule has 1 aliphatic heterocycles. The Morgan fingerprint density at radius 3 is 2.44 bits per heavy atom. The monoisotopic (exact) mass is 484 g/mol. The van der Waals surface area contributed by atoms with Gasteiger partial charge >= 0.3 is 5.97 Å². The molecule has 0 aromatic heterocycles. The quantitative estimate of drug-likeness (QED) is 0.278. The lowest BCUT2D eigenvalue weighted by atomic mass is 9.83. The highest BCUT2D eigenvalue weighted by atomic mass is 16.5. The Hall–Kier alpha value is -4.90. The molecule has 0 amide bonds. The molecule has 8 heteroatoms. The summed E-state index contributed by atoms with van der Waals surface area (Å²) in [6.45, 7) is 3.97. The van der Waals surface area contributed by atoms with Gasteiger partial charge in [0.1, 0.15) is 35.5 Å². The van der Waals surface area contributed by atoms with Crippen LogP contribution in [0.2, 0.25) is 0 Å². The second-order valence-electron chi connectivity index (χ2n) is 7.75. The number of fused-ring (bicyclic) bond motifs is 1. The highest BCUT2D eigenvalue weighted by molar-refractivity contribution is 5.91. The number of carbonyl (C=O) groups is 1. The van der Waals surface area contributed by atoms with Crippen molar-refractivity contribution in [3.8, 4) is 34.8 Å². The van der Waals surface area contributed by atoms with Crippen molar-refractivity contribution in [3.05, 3.63) is 101 Å². The van der Waals surface area contributed by atoms with Crippen molar-refractivity contribution < 1.29 is 28.5 Å². The van der Waals surface area contributed by atoms with E-state index in [9.17, 15) is 10.1 Å². The van der Waals surface area contributed by atoms with Crippen LogP contribution in [0.4, 0.5) is 0 Å². The molecule has 1 atom stereocenters. The summed E-state index contributed by atoms with van der Waals surface area (Å²) in [6.07, 6.45) is 1.64. The molecule has 3 aromatic rings. The molecule has 0 saturated carbocycles. The number of methoxy groups -OCH3 is 2. The summed E-state index contributed by atoms with van der Waals surface area (Å²) in [5.41, 5.74) is 8.18. The van der Waals surface area contributed by atoms with E-state index in [1.165, 1.54) is 7.11 Å². The van der Waals surface area contributed by atoms with Crippen molar-refractivity contribution in [2.75, 3.05) is 20.8 Å². The predicted octanol–water partition coefficient (Wildman–Crippen LogP) is 4.71. The summed E-state index contributed by atoms with van der Waals surface area (Å²) in [5.74, 6) is 1.27. The second-order valence-corrected chi connectivity index (χ2v) is 7.75. The van der Waals surface area contributed by atoms with Gasteiger partial charge in [-0.3, -0.25) is 0 Å². The third kappa shape index (κ3) is 4.81. The number of allylic oxidation sites excluding steroid dienone is 1. The summed E-state index contributed by atoms with van der Waals surface area (Å²) < 4.78 is 27.5. The topological polar surface area (TPSA) is 113 Å². The molecule has 0 aliphatic carbocycles. The Kier molecular flexibility index (Phi) is 7.12. The SMILES string of the molecule is C=CCOc1ccc(C(=O)Oc2ccc3c(c2)OC(N)=C(C#N)C3c2ccc(OC)c(OC)c2)cc1. The van der Waals surface area contributed by atoms with E-state index in [-0.39, 0.29) is 17.2 Å². The van der Waals surface area contributed by atoms with Gasteiger partial charge in [0.2, 0.25) is 5.88 Å². The first-order valence-electron chi connectivity index (χ1n) is 11.0. The fraction of sp³-hybridized carbons (Fsp3) is 0.143. The second kappa shape index (κ2) is 10.6. The minimum absolute atomic E-state index is 0.0247. The van der Waals surface area contributed by atoms with E-state index in [4.69, 9.17) is 29.4 Å². The van der Waals surface area contributed by atoms with Crippen LogP contribution >= 0.6 is 0 Å². The van der Waals surface area contributed by atoms with Gasteiger partial charge in [-0.2, -0.15) is 5.26 Å². The van der Waals surface area contributed by atoms with Crippen LogP contribution in [0.15, 0.2) is 84.8 Å². The number of ether oxygens (including phenoxy) is 5. The Morgan fingerprint density at radius 1 is 1.06 bits per heavy atom. The lowest BCUT2D eigenvalue weighted by molar-refractivity contribution is 0.0734. The van der Waals surface area contributed by atoms with Crippen LogP contribution in [0.1, 0.15) is 27.4 Å². The first-order chi connectivity index (χ1) is 17.5. The molecule has 1 unspecified atom stereocenters. The maximum atomic E-state index is 12.7. The number of nitriles is 1. The third-order valence-electron chi connectivity index (χ3n) is 5.60. The molecule has 0 bridgehead atoms. The van der Waals surface area contributed by atoms with Crippen LogP contribution in [0.25, 0.3) is 0 Å². The maximum absolute atomic E-state index is 12.7. The molecule has 8 nitrogen and oxygen atoms in total. The van der Waals surface area contributed by atoms with Crippen molar-refractivity contribution in [3.63, 3.8) is 0 Å². The lowest BCUT2D eigenvalue weighted by Crippen LogP contribution is -2.21. The number of rotatable bonds is 8. The van der Waals surface area contributed by atoms with Crippen LogP contribution in [-0.2, 0) is 0 Å². The average Bonchev–Trinajstić information content (AvgIpc) is 2.90. The zero-order valence-electron chi connectivity index (χ0n) is 19.8. The van der Waals surface area contributed by atoms with Gasteiger partial charge in [0.05, 0.1) is 25.7 Å². The minimum Gasteiger partial charge on any atom is -0.493 e. The van der Waals surface area contributed by atoms with Gasteiger partial charge in [0.25, 0.3) is 0 Å². The fourth-order valence-corrected chi connectivity index (χ4v) is 3.88. The number of hydrogen-bond acceptors (Lipinski definition) is 8. The van der Waals surface area contributed by atoms with Gasteiger partial charge in [0.15, 0.2) is 11.5 Å². The summed E-state index contributed by atoms with van der Waals surface area (Å²) in [6, 6.07) is 19.1. The summed E-state index contributed by atoms with van der Waals surface area (Å²) in [4.78, 5) is 12.7. The fourth-order valence-electron chi connectivity index (χ4n) is 3.88. The summed E-state index contributed by atoms with van der Waals surface area (Å²) in [7, 11) is 3.09. The van der Waals surface area contributed by atoms with Crippen molar-refractivity contribution in [1.29, 1.82) is 5.26 Å². The molecule has 2 N–H and O–H groups in total. The first-order valence-corrected chi connectivity index (χ1v) is 11.0. The van der Waals surface area contributed by atoms with E-state index in [1.807, 2.05) is 6.07 Å². The number of nitrogens with zero attached hydrogens (tertiary/aromatic N) is 1. The summed E-state index contributed by atoms with van der Waals surface area (Å²) in [5, 5.41) is 9.81. The van der Waals surface area contributed by atoms with Crippen LogP contribution in [0.3, 0.4) is 0 Å². The van der Waals surface area contributed by atoms with Crippen molar-refractivity contribution in [2.45, 2.75) is 5.92 Å². The number of carbonyl (C=O) groups excluding carboxylic acids is 1. The Morgan fingerprint density at radius 2 is 1.78 bits per heavy atom. The van der Waals surface area contributed by atoms with E-state index in [1.54, 1.807) is 67.8 Å². The normalized spacial score (nSPS) is 14.1. The Balaban J connectivity index is 1.62. The highest BCUT2D eigenvalue weighted by Gasteiger charge is 2.31. The standard InChI is InChI=1S/C28H24N2O6/c1-4-13-34-19-8-5-17(6-9-19)28(31)35-20-10-11-21-24(15-20)36-27(30)22(16-29)26(21)18-7-12-23(32-2)25(14-18)33-3/h4-12,14-15,26H,1,13,30H2,2-3H3. The minimum atomic E-state index is -0.543. The van der Waals surface area contributed by atoms with Gasteiger partial charge in [-0.15, -0.1) is 0 Å². The molecule has 3 aromatic carbocycles. The van der Waals surface area contributed by atoms with Crippen LogP contribution in [-0.4, -0.2) is 26.8 Å². The van der Waals surface area contributed by atoms with Crippen LogP contribution in [0.5, 0.6) is 28.7 Å². The van der Waals surface area contributed by atoms with Gasteiger partial charge < -0.3 is 29.4 Å². The van der Waals surface area contributed by atoms with Gasteiger partial charge in [-0.25, -0.2) is 4.79 Å². The van der Waals surface area contributed by atoms with Gasteiger partial charge in [-0.1, -0.05) is 24.8 Å². The van der Waals surface area contributed by atoms with E-state index in [0.717, 1.165) is 5.56 Å². The number of hydrogen-bond donors (Lipinski definition) is 1. The smallest absolute Gasteiger partial charge is 0.343 e. The van der Waals surface area contributed by atoms with E-state index in [2.05, 4.69) is 12.6 Å². The molecule has 0 radical (unpaired) electrons. The van der Waals surface area contributed by atoms with Crippen LogP contribution < -0.4 is 29.4 Å². The number of esters is 1. The van der Waals surface area contributed by atoms with Gasteiger partial charge in [-0.05, 0) is 48.0 Å². The molecule has 0 fully saturated rings. The predicted molar refractivity (Wildman–Crippen MR) is 132 cm³/mol. The molecule has 0 spiro atoms. The van der Waals surface area contributed by atoms with Crippen LogP contribution in [0, 0.1) is 11.3 Å². The molecule has 1 aliphatic rings. The van der Waals surface area contributed by atoms with Crippen molar-refractivity contribution in [2.24, 2.45) is 5.73 Å². The zero-order chi connectivity index (χ0) is 25.7. The molecular weight excluding hydrogens is 460 g/mol. The molecule has 1 heterocycles. The first kappa shape index (κ1) is 24.2. The van der Waals surface area contributed by atoms with Crippen molar-refractivity contribution >= 4 is 5.97 Å². The number of nitrogens with two attached hydrogens (primary N) is 1. The molecule has 0 saturated heterocycles. The van der Waals surface area contributed by atoms with E-state index < -0.39 is 11.9 Å². The lowest BCUT2D eigenvalue weighted by Gasteiger charge is -2.27. The Bertz CT molecular complexity index is 1370. The average molecular weight is 485 g/mol. The molecule has 4 rings (SSSR count). The summed E-state index contributed by atoms with van der Waals surface area (Å²) >= 11 is 0. The highest BCUT2D eigenvalue weighted by Crippen LogP contribution is 2.45. The Labute approximate surface area is 208 Å². The van der Waals surface area contributed by atoms with E-state index in [0.29, 0.717) is 40.7 Å².